The molecule has 0 radical (unpaired) electrons. The molecule has 0 aliphatic rings. The number of rotatable bonds is 40. The van der Waals surface area contributed by atoms with Crippen LogP contribution >= 0.6 is 19.4 Å². The van der Waals surface area contributed by atoms with Gasteiger partial charge >= 0.3 is 13.7 Å². The second-order valence-electron chi connectivity index (χ2n) is 16.5. The van der Waals surface area contributed by atoms with Crippen molar-refractivity contribution >= 4 is 42.1 Å². The van der Waals surface area contributed by atoms with Gasteiger partial charge in [0.15, 0.2) is 0 Å². The average molecular weight is 977 g/mol. The fraction of sp³-hybridized carbons (Fsp3) is 0.686. The first-order valence-corrected chi connectivity index (χ1v) is 26.2. The van der Waals surface area contributed by atoms with Gasteiger partial charge in [0, 0.05) is 60.5 Å². The van der Waals surface area contributed by atoms with E-state index in [1.807, 2.05) is 18.9 Å². The van der Waals surface area contributed by atoms with E-state index in [-0.39, 0.29) is 45.7 Å². The van der Waals surface area contributed by atoms with Crippen LogP contribution in [0.15, 0.2) is 18.2 Å². The first-order valence-electron chi connectivity index (χ1n) is 24.3. The molecule has 0 aliphatic heterocycles. The Labute approximate surface area is 406 Å². The Bertz CT molecular complexity index is 1930. The van der Waals surface area contributed by atoms with E-state index in [4.69, 9.17) is 44.3 Å². The van der Waals surface area contributed by atoms with E-state index in [9.17, 15) is 19.0 Å². The van der Waals surface area contributed by atoms with Gasteiger partial charge in [-0.2, -0.15) is 0 Å². The zero-order chi connectivity index (χ0) is 48.8. The van der Waals surface area contributed by atoms with Gasteiger partial charge < -0.3 is 38.8 Å². The lowest BCUT2D eigenvalue weighted by Crippen LogP contribution is -2.28. The highest BCUT2D eigenvalue weighted by Crippen LogP contribution is 2.43. The van der Waals surface area contributed by atoms with Crippen molar-refractivity contribution in [2.75, 3.05) is 80.4 Å². The average Bonchev–Trinajstić information content (AvgIpc) is 3.59. The number of unbranched alkanes of at least 4 members (excludes halogenated alkanes) is 16. The number of nitrogens with zero attached hydrogens (tertiary/aromatic N) is 2. The number of phosphoric ester groups is 1. The molecule has 1 heterocycles. The van der Waals surface area contributed by atoms with Crippen LogP contribution in [0, 0.1) is 41.9 Å². The summed E-state index contributed by atoms with van der Waals surface area (Å²) in [6, 6.07) is 5.31. The van der Waals surface area contributed by atoms with E-state index >= 15 is 0 Å². The van der Waals surface area contributed by atoms with Crippen LogP contribution in [0.3, 0.4) is 0 Å². The molecule has 0 saturated carbocycles. The third kappa shape index (κ3) is 28.0. The van der Waals surface area contributed by atoms with E-state index in [0.29, 0.717) is 60.6 Å². The number of carbonyl (C=O) groups excluding carboxylic acids is 2. The number of methoxy groups -OCH3 is 1. The standard InChI is InChI=1S/C51H79ClN3O11P/c1-6-8-9-10-11-12-13-14-15-16-17-18-19-22-27-35-61-42-63-40-46(41-66-67(58,59)65-37-34-54(4)7-2)64-43-62-36-28-23-26-33-53-50(56)39-47-44(3)55(51(57)29-24-20-21-25-32-52)49-31-30-45(60-5)38-48(47)49/h30-31,38,46H,6-19,22-23,26-28,33-37,39-43H2,1-5H3,(H,53,56)(H,58,59). The Kier molecular flexibility index (Phi) is 34.2. The maximum absolute atomic E-state index is 13.1. The highest BCUT2D eigenvalue weighted by atomic mass is 35.5. The van der Waals surface area contributed by atoms with Crippen LogP contribution in [-0.2, 0) is 43.8 Å². The van der Waals surface area contributed by atoms with E-state index in [2.05, 4.69) is 47.2 Å². The molecule has 2 atom stereocenters. The summed E-state index contributed by atoms with van der Waals surface area (Å²) in [5.74, 6) is 12.2. The van der Waals surface area contributed by atoms with Crippen molar-refractivity contribution in [1.82, 2.24) is 14.8 Å². The summed E-state index contributed by atoms with van der Waals surface area (Å²) in [5.41, 5.74) is 1.90. The lowest BCUT2D eigenvalue weighted by atomic mass is 10.0. The number of fused-ring (bicyclic) bond motifs is 1. The van der Waals surface area contributed by atoms with Crippen LogP contribution in [0.2, 0.25) is 0 Å². The van der Waals surface area contributed by atoms with Gasteiger partial charge in [-0.15, -0.1) is 0 Å². The number of aromatic nitrogens is 1. The third-order valence-electron chi connectivity index (χ3n) is 11.2. The number of benzene rings is 1. The van der Waals surface area contributed by atoms with Crippen molar-refractivity contribution in [2.45, 2.75) is 149 Å². The summed E-state index contributed by atoms with van der Waals surface area (Å²) >= 11 is 5.30. The second-order valence-corrected chi connectivity index (χ2v) is 18.2. The first kappa shape index (κ1) is 59.7. The molecule has 0 saturated heterocycles. The zero-order valence-corrected chi connectivity index (χ0v) is 42.7. The van der Waals surface area contributed by atoms with Crippen LogP contribution in [0.5, 0.6) is 5.75 Å². The molecule has 16 heteroatoms. The third-order valence-corrected chi connectivity index (χ3v) is 12.3. The second kappa shape index (κ2) is 38.4. The molecule has 1 amide bonds. The van der Waals surface area contributed by atoms with Crippen LogP contribution in [0.1, 0.15) is 145 Å². The number of ether oxygens (including phenoxy) is 5. The minimum atomic E-state index is -4.31. The van der Waals surface area contributed by atoms with Gasteiger partial charge in [0.1, 0.15) is 25.4 Å². The van der Waals surface area contributed by atoms with Gasteiger partial charge in [0.05, 0.1) is 38.9 Å². The molecule has 2 unspecified atom stereocenters. The summed E-state index contributed by atoms with van der Waals surface area (Å²) in [6.07, 6.45) is 21.1. The largest absolute Gasteiger partial charge is 0.497 e. The number of hydrogen-bond donors (Lipinski definition) is 2. The molecular formula is C51H79ClN3O11P. The molecule has 376 valence electrons. The van der Waals surface area contributed by atoms with E-state index in [1.165, 1.54) is 88.0 Å². The van der Waals surface area contributed by atoms with Crippen molar-refractivity contribution in [1.29, 1.82) is 0 Å². The Hall–Kier alpha value is -3.42. The summed E-state index contributed by atoms with van der Waals surface area (Å²) in [4.78, 5) is 38.4. The summed E-state index contributed by atoms with van der Waals surface area (Å²) in [5, 5.41) is 5.82. The number of nitrogens with one attached hydrogen (secondary N) is 1. The molecule has 2 rings (SSSR count). The fourth-order valence-electron chi connectivity index (χ4n) is 7.16. The SMILES string of the molecule is CCCCCCCCCCCCCCCCCOCOCC(COP(=O)(O)OCCN(C)CC)OCOCCCCCNC(=O)Cc1c(C)n(C(=O)C#CC#CC#CCl)c2ccc(OC)cc12. The van der Waals surface area contributed by atoms with Gasteiger partial charge in [0.25, 0.3) is 0 Å². The summed E-state index contributed by atoms with van der Waals surface area (Å²) < 4.78 is 52.7. The predicted molar refractivity (Wildman–Crippen MR) is 266 cm³/mol. The van der Waals surface area contributed by atoms with Gasteiger partial charge in [-0.1, -0.05) is 104 Å². The molecule has 0 aliphatic carbocycles. The number of hydrogen-bond acceptors (Lipinski definition) is 11. The molecule has 67 heavy (non-hydrogen) atoms. The number of amides is 1. The molecule has 1 aromatic carbocycles. The van der Waals surface area contributed by atoms with Crippen LogP contribution < -0.4 is 10.1 Å². The lowest BCUT2D eigenvalue weighted by molar-refractivity contribution is -0.143. The molecule has 2 aromatic rings. The lowest BCUT2D eigenvalue weighted by Gasteiger charge is -2.20. The molecule has 14 nitrogen and oxygen atoms in total. The number of likely N-dealkylation sites (N-methyl/N-ethyl adjacent to an activating group) is 1. The maximum Gasteiger partial charge on any atom is 0.472 e. The minimum Gasteiger partial charge on any atom is -0.497 e. The van der Waals surface area contributed by atoms with Crippen LogP contribution in [0.25, 0.3) is 10.9 Å². The summed E-state index contributed by atoms with van der Waals surface area (Å²) in [6.45, 7) is 8.62. The highest BCUT2D eigenvalue weighted by Gasteiger charge is 2.24. The minimum absolute atomic E-state index is 0.0450. The number of halogens is 1. The quantitative estimate of drug-likeness (QED) is 0.0283. The molecule has 2 N–H and O–H groups in total. The fourth-order valence-corrected chi connectivity index (χ4v) is 7.95. The summed E-state index contributed by atoms with van der Waals surface area (Å²) in [7, 11) is -0.862. The van der Waals surface area contributed by atoms with Gasteiger partial charge in [-0.05, 0) is 93.4 Å². The molecule has 1 aromatic heterocycles. The Balaban J connectivity index is 1.70. The molecule has 0 spiro atoms. The van der Waals surface area contributed by atoms with Crippen molar-refractivity contribution in [2.24, 2.45) is 0 Å². The van der Waals surface area contributed by atoms with E-state index in [1.54, 1.807) is 32.2 Å². The van der Waals surface area contributed by atoms with Crippen LogP contribution in [0.4, 0.5) is 0 Å². The van der Waals surface area contributed by atoms with Gasteiger partial charge in [-0.3, -0.25) is 23.2 Å². The van der Waals surface area contributed by atoms with Crippen molar-refractivity contribution in [3.63, 3.8) is 0 Å². The van der Waals surface area contributed by atoms with Crippen molar-refractivity contribution in [3.05, 3.63) is 29.5 Å². The Morgan fingerprint density at radius 1 is 0.791 bits per heavy atom. The first-order chi connectivity index (χ1) is 32.6. The van der Waals surface area contributed by atoms with Crippen molar-refractivity contribution < 1.29 is 51.8 Å². The normalized spacial score (nSPS) is 12.4. The smallest absolute Gasteiger partial charge is 0.472 e. The zero-order valence-electron chi connectivity index (χ0n) is 41.1. The monoisotopic (exact) mass is 976 g/mol. The predicted octanol–water partition coefficient (Wildman–Crippen LogP) is 9.94. The maximum atomic E-state index is 13.1. The van der Waals surface area contributed by atoms with E-state index < -0.39 is 19.8 Å². The van der Waals surface area contributed by atoms with Gasteiger partial charge in [-0.25, -0.2) is 4.57 Å². The Morgan fingerprint density at radius 3 is 2.03 bits per heavy atom. The van der Waals surface area contributed by atoms with Crippen molar-refractivity contribution in [3.8, 4) is 40.7 Å². The Morgan fingerprint density at radius 2 is 1.40 bits per heavy atom. The van der Waals surface area contributed by atoms with Crippen LogP contribution in [-0.4, -0.2) is 113 Å². The number of phosphoric acid groups is 1. The topological polar surface area (TPSA) is 156 Å². The van der Waals surface area contributed by atoms with Gasteiger partial charge in [0.2, 0.25) is 5.91 Å². The van der Waals surface area contributed by atoms with E-state index in [0.717, 1.165) is 32.2 Å². The molecule has 0 fully saturated rings. The number of carbonyl (C=O) groups is 2. The highest BCUT2D eigenvalue weighted by molar-refractivity contribution is 7.47. The molecule has 0 bridgehead atoms. The molecular weight excluding hydrogens is 897 g/mol.